The minimum Gasteiger partial charge on any atom is -0.455 e. The second-order valence-electron chi connectivity index (χ2n) is 6.66. The number of esters is 1. The zero-order chi connectivity index (χ0) is 21.8. The largest absolute Gasteiger partial charge is 0.455 e. The summed E-state index contributed by atoms with van der Waals surface area (Å²) in [6.45, 7) is 3.42. The fourth-order valence-corrected chi connectivity index (χ4v) is 3.87. The number of ether oxygens (including phenoxy) is 1. The predicted molar refractivity (Wildman–Crippen MR) is 114 cm³/mol. The van der Waals surface area contributed by atoms with Crippen molar-refractivity contribution < 1.29 is 14.3 Å². The third-order valence-corrected chi connectivity index (χ3v) is 5.25. The first-order valence-corrected chi connectivity index (χ1v) is 10.2. The van der Waals surface area contributed by atoms with Crippen LogP contribution in [0.1, 0.15) is 28.5 Å². The van der Waals surface area contributed by atoms with Crippen LogP contribution >= 0.6 is 11.3 Å². The standard InChI is InChI=1S/C21H18N6O3S/c1-14-6-5-7-17(10-14)27(15(2)28)21-23-16(12-31-21)11-30-20(29)18-8-3-4-9-19(18)26-13-22-24-25-26/h3-10,12-13H,11H2,1-2H3. The fourth-order valence-electron chi connectivity index (χ4n) is 2.99. The van der Waals surface area contributed by atoms with E-state index in [4.69, 9.17) is 4.74 Å². The van der Waals surface area contributed by atoms with E-state index in [0.29, 0.717) is 22.1 Å². The fraction of sp³-hybridized carbons (Fsp3) is 0.143. The number of benzene rings is 2. The maximum Gasteiger partial charge on any atom is 0.340 e. The molecule has 2 aromatic heterocycles. The van der Waals surface area contributed by atoms with Gasteiger partial charge in [-0.25, -0.2) is 9.78 Å². The molecule has 0 spiro atoms. The molecule has 0 atom stereocenters. The zero-order valence-electron chi connectivity index (χ0n) is 16.8. The second kappa shape index (κ2) is 8.84. The molecule has 0 aliphatic heterocycles. The van der Waals surface area contributed by atoms with E-state index in [2.05, 4.69) is 20.5 Å². The lowest BCUT2D eigenvalue weighted by molar-refractivity contribution is -0.115. The van der Waals surface area contributed by atoms with Crippen LogP contribution in [-0.4, -0.2) is 37.1 Å². The van der Waals surface area contributed by atoms with Crippen molar-refractivity contribution in [2.24, 2.45) is 0 Å². The molecule has 4 rings (SSSR count). The van der Waals surface area contributed by atoms with E-state index in [-0.39, 0.29) is 12.5 Å². The summed E-state index contributed by atoms with van der Waals surface area (Å²) in [5.41, 5.74) is 3.16. The molecule has 0 unspecified atom stereocenters. The van der Waals surface area contributed by atoms with Crippen molar-refractivity contribution in [1.29, 1.82) is 0 Å². The topological polar surface area (TPSA) is 103 Å². The van der Waals surface area contributed by atoms with Gasteiger partial charge >= 0.3 is 5.97 Å². The van der Waals surface area contributed by atoms with Crippen molar-refractivity contribution in [3.8, 4) is 5.69 Å². The highest BCUT2D eigenvalue weighted by atomic mass is 32.1. The second-order valence-corrected chi connectivity index (χ2v) is 7.50. The Kier molecular flexibility index (Phi) is 5.80. The highest BCUT2D eigenvalue weighted by Crippen LogP contribution is 2.29. The number of carbonyl (C=O) groups is 2. The Morgan fingerprint density at radius 1 is 1.16 bits per heavy atom. The number of para-hydroxylation sites is 1. The third-order valence-electron chi connectivity index (χ3n) is 4.38. The average molecular weight is 434 g/mol. The molecule has 0 bridgehead atoms. The van der Waals surface area contributed by atoms with Crippen LogP contribution in [0.2, 0.25) is 0 Å². The quantitative estimate of drug-likeness (QED) is 0.428. The number of tetrazole rings is 1. The number of hydrogen-bond acceptors (Lipinski definition) is 8. The lowest BCUT2D eigenvalue weighted by atomic mass is 10.2. The molecular formula is C21H18N6O3S. The van der Waals surface area contributed by atoms with Gasteiger partial charge in [0.1, 0.15) is 12.9 Å². The average Bonchev–Trinajstić information content (AvgIpc) is 3.45. The van der Waals surface area contributed by atoms with Gasteiger partial charge in [0.25, 0.3) is 0 Å². The van der Waals surface area contributed by atoms with Crippen LogP contribution in [0.15, 0.2) is 60.2 Å². The van der Waals surface area contributed by atoms with Crippen molar-refractivity contribution in [3.05, 3.63) is 77.1 Å². The van der Waals surface area contributed by atoms with E-state index in [1.54, 1.807) is 29.6 Å². The molecule has 9 nitrogen and oxygen atoms in total. The highest BCUT2D eigenvalue weighted by Gasteiger charge is 2.19. The summed E-state index contributed by atoms with van der Waals surface area (Å²) in [4.78, 5) is 30.9. The molecular weight excluding hydrogens is 416 g/mol. The van der Waals surface area contributed by atoms with Crippen molar-refractivity contribution in [1.82, 2.24) is 25.2 Å². The van der Waals surface area contributed by atoms with Gasteiger partial charge in [0.2, 0.25) is 5.91 Å². The van der Waals surface area contributed by atoms with Crippen LogP contribution in [0.4, 0.5) is 10.8 Å². The molecule has 0 N–H and O–H groups in total. The van der Waals surface area contributed by atoms with Gasteiger partial charge in [0.15, 0.2) is 5.13 Å². The van der Waals surface area contributed by atoms with Crippen molar-refractivity contribution in [2.75, 3.05) is 4.90 Å². The Bertz CT molecular complexity index is 1220. The molecule has 0 radical (unpaired) electrons. The van der Waals surface area contributed by atoms with Crippen LogP contribution in [0.5, 0.6) is 0 Å². The van der Waals surface area contributed by atoms with Gasteiger partial charge in [-0.1, -0.05) is 24.3 Å². The Hall–Kier alpha value is -3.92. The Labute approximate surface area is 181 Å². The van der Waals surface area contributed by atoms with Gasteiger partial charge in [-0.2, -0.15) is 4.68 Å². The number of aryl methyl sites for hydroxylation is 1. The van der Waals surface area contributed by atoms with Gasteiger partial charge in [0, 0.05) is 12.3 Å². The van der Waals surface area contributed by atoms with Crippen LogP contribution < -0.4 is 4.90 Å². The summed E-state index contributed by atoms with van der Waals surface area (Å²) in [7, 11) is 0. The van der Waals surface area contributed by atoms with Gasteiger partial charge in [0.05, 0.1) is 22.6 Å². The van der Waals surface area contributed by atoms with Crippen molar-refractivity contribution >= 4 is 34.0 Å². The number of aromatic nitrogens is 5. The van der Waals surface area contributed by atoms with E-state index in [1.807, 2.05) is 31.2 Å². The smallest absolute Gasteiger partial charge is 0.340 e. The van der Waals surface area contributed by atoms with Crippen LogP contribution in [-0.2, 0) is 16.1 Å². The minimum atomic E-state index is -0.525. The first-order chi connectivity index (χ1) is 15.0. The number of carbonyl (C=O) groups excluding carboxylic acids is 2. The number of thiazole rings is 1. The highest BCUT2D eigenvalue weighted by molar-refractivity contribution is 7.14. The maximum absolute atomic E-state index is 12.6. The van der Waals surface area contributed by atoms with Gasteiger partial charge in [-0.05, 0) is 47.2 Å². The number of nitrogens with zero attached hydrogens (tertiary/aromatic N) is 6. The third kappa shape index (κ3) is 4.48. The molecule has 0 fully saturated rings. The predicted octanol–water partition coefficient (Wildman–Crippen LogP) is 3.47. The minimum absolute atomic E-state index is 0.0289. The lowest BCUT2D eigenvalue weighted by Gasteiger charge is -2.18. The van der Waals surface area contributed by atoms with Crippen LogP contribution in [0.3, 0.4) is 0 Å². The van der Waals surface area contributed by atoms with E-state index in [1.165, 1.54) is 34.2 Å². The molecule has 4 aromatic rings. The Morgan fingerprint density at radius 3 is 2.74 bits per heavy atom. The summed E-state index contributed by atoms with van der Waals surface area (Å²) in [6, 6.07) is 14.5. The molecule has 0 aliphatic rings. The van der Waals surface area contributed by atoms with Crippen molar-refractivity contribution in [2.45, 2.75) is 20.5 Å². The summed E-state index contributed by atoms with van der Waals surface area (Å²) < 4.78 is 6.84. The summed E-state index contributed by atoms with van der Waals surface area (Å²) in [5, 5.41) is 13.3. The van der Waals surface area contributed by atoms with Crippen molar-refractivity contribution in [3.63, 3.8) is 0 Å². The molecule has 10 heteroatoms. The van der Waals surface area contributed by atoms with Gasteiger partial charge in [-0.3, -0.25) is 9.69 Å². The molecule has 156 valence electrons. The number of hydrogen-bond donors (Lipinski definition) is 0. The zero-order valence-corrected chi connectivity index (χ0v) is 17.6. The molecule has 2 aromatic carbocycles. The summed E-state index contributed by atoms with van der Waals surface area (Å²) >= 11 is 1.31. The Morgan fingerprint density at radius 2 is 2.00 bits per heavy atom. The van der Waals surface area contributed by atoms with E-state index >= 15 is 0 Å². The molecule has 0 aliphatic carbocycles. The first-order valence-electron chi connectivity index (χ1n) is 9.34. The SMILES string of the molecule is CC(=O)N(c1cccc(C)c1)c1nc(COC(=O)c2ccccc2-n2cnnn2)cs1. The molecule has 1 amide bonds. The number of rotatable bonds is 6. The molecule has 31 heavy (non-hydrogen) atoms. The number of amides is 1. The molecule has 0 saturated carbocycles. The summed E-state index contributed by atoms with van der Waals surface area (Å²) in [5.74, 6) is -0.679. The molecule has 2 heterocycles. The van der Waals surface area contributed by atoms with Gasteiger partial charge in [-0.15, -0.1) is 16.4 Å². The maximum atomic E-state index is 12.6. The van der Waals surface area contributed by atoms with E-state index in [0.717, 1.165) is 11.3 Å². The monoisotopic (exact) mass is 434 g/mol. The summed E-state index contributed by atoms with van der Waals surface area (Å²) in [6.07, 6.45) is 1.40. The lowest BCUT2D eigenvalue weighted by Crippen LogP contribution is -2.22. The van der Waals surface area contributed by atoms with Crippen LogP contribution in [0, 0.1) is 6.92 Å². The van der Waals surface area contributed by atoms with E-state index < -0.39 is 5.97 Å². The number of anilines is 2. The van der Waals surface area contributed by atoms with Gasteiger partial charge < -0.3 is 4.74 Å². The first kappa shape index (κ1) is 20.4. The Balaban J connectivity index is 1.50. The van der Waals surface area contributed by atoms with E-state index in [9.17, 15) is 9.59 Å². The van der Waals surface area contributed by atoms with Crippen LogP contribution in [0.25, 0.3) is 5.69 Å². The molecule has 0 saturated heterocycles. The normalized spacial score (nSPS) is 10.6.